The van der Waals surface area contributed by atoms with Gasteiger partial charge < -0.3 is 5.32 Å². The zero-order valence-corrected chi connectivity index (χ0v) is 13.5. The minimum absolute atomic E-state index is 0. The average Bonchev–Trinajstić information content (AvgIpc) is 2.97. The van der Waals surface area contributed by atoms with Crippen LogP contribution in [-0.4, -0.2) is 22.5 Å². The molecule has 6 nitrogen and oxygen atoms in total. The van der Waals surface area contributed by atoms with E-state index in [1.165, 1.54) is 23.1 Å². The third-order valence-electron chi connectivity index (χ3n) is 2.07. The van der Waals surface area contributed by atoms with Crippen LogP contribution >= 0.6 is 23.1 Å². The molecule has 0 saturated carbocycles. The molecule has 1 aromatic heterocycles. The van der Waals surface area contributed by atoms with Crippen molar-refractivity contribution < 1.29 is 4.79 Å². The molecule has 0 aliphatic heterocycles. The van der Waals surface area contributed by atoms with Crippen LogP contribution in [0.4, 0.5) is 15.6 Å². The number of amides is 2. The fraction of sp³-hybridized carbons (Fsp3) is 0.286. The molecular formula is C14H19N5OS2. The van der Waals surface area contributed by atoms with Crippen LogP contribution in [0.25, 0.3) is 0 Å². The van der Waals surface area contributed by atoms with Crippen molar-refractivity contribution in [1.82, 2.24) is 10.2 Å². The highest BCUT2D eigenvalue weighted by molar-refractivity contribution is 8.00. The van der Waals surface area contributed by atoms with E-state index in [0.29, 0.717) is 16.4 Å². The first kappa shape index (κ1) is 19.9. The average molecular weight is 337 g/mol. The Hall–Kier alpha value is -2.11. The van der Waals surface area contributed by atoms with Crippen molar-refractivity contribution in [1.29, 1.82) is 5.26 Å². The van der Waals surface area contributed by atoms with Crippen LogP contribution in [0.3, 0.4) is 0 Å². The number of thioether (sulfide) groups is 1. The number of aromatic nitrogens is 2. The molecule has 2 N–H and O–H groups in total. The van der Waals surface area contributed by atoms with E-state index in [1.54, 1.807) is 24.3 Å². The summed E-state index contributed by atoms with van der Waals surface area (Å²) in [6, 6.07) is 8.19. The van der Waals surface area contributed by atoms with Gasteiger partial charge in [-0.2, -0.15) is 5.26 Å². The lowest BCUT2D eigenvalue weighted by Crippen LogP contribution is -2.19. The third kappa shape index (κ3) is 6.11. The number of nitrogens with one attached hydrogen (secondary N) is 2. The van der Waals surface area contributed by atoms with Gasteiger partial charge in [0.15, 0.2) is 4.34 Å². The van der Waals surface area contributed by atoms with Gasteiger partial charge in [-0.3, -0.25) is 5.32 Å². The summed E-state index contributed by atoms with van der Waals surface area (Å²) in [5.74, 6) is 0. The van der Waals surface area contributed by atoms with Crippen LogP contribution in [0.1, 0.15) is 26.8 Å². The van der Waals surface area contributed by atoms with Gasteiger partial charge in [-0.15, -0.1) is 10.2 Å². The minimum Gasteiger partial charge on any atom is -0.308 e. The second-order valence-electron chi connectivity index (χ2n) is 3.35. The summed E-state index contributed by atoms with van der Waals surface area (Å²) >= 11 is 2.77. The Morgan fingerprint density at radius 2 is 1.86 bits per heavy atom. The molecule has 118 valence electrons. The van der Waals surface area contributed by atoms with Gasteiger partial charge in [0.1, 0.15) is 0 Å². The normalized spacial score (nSPS) is 8.64. The van der Waals surface area contributed by atoms with Crippen molar-refractivity contribution >= 4 is 39.9 Å². The highest BCUT2D eigenvalue weighted by Crippen LogP contribution is 2.23. The number of urea groups is 1. The van der Waals surface area contributed by atoms with E-state index in [4.69, 9.17) is 5.26 Å². The maximum Gasteiger partial charge on any atom is 0.325 e. The van der Waals surface area contributed by atoms with Gasteiger partial charge in [0.25, 0.3) is 0 Å². The van der Waals surface area contributed by atoms with Crippen molar-refractivity contribution in [3.8, 4) is 6.07 Å². The molecule has 0 radical (unpaired) electrons. The lowest BCUT2D eigenvalue weighted by atomic mass is 10.2. The Morgan fingerprint density at radius 1 is 1.23 bits per heavy atom. The standard InChI is InChI=1S/C11H9N5OS2.C2H6.CH4/c1-18-11-16-15-10(19-11)14-9(17)13-8-4-2-7(6-12)3-5-8;1-2;/h2-5H,1H3,(H2,13,14,15,17);1-2H3;1H4. The maximum absolute atomic E-state index is 11.7. The molecule has 0 aliphatic rings. The maximum atomic E-state index is 11.7. The van der Waals surface area contributed by atoms with Gasteiger partial charge >= 0.3 is 6.03 Å². The van der Waals surface area contributed by atoms with E-state index >= 15 is 0 Å². The van der Waals surface area contributed by atoms with E-state index in [-0.39, 0.29) is 7.43 Å². The van der Waals surface area contributed by atoms with Gasteiger partial charge in [0.05, 0.1) is 11.6 Å². The van der Waals surface area contributed by atoms with Gasteiger partial charge in [-0.1, -0.05) is 44.4 Å². The lowest BCUT2D eigenvalue weighted by Gasteiger charge is -2.04. The quantitative estimate of drug-likeness (QED) is 0.638. The fourth-order valence-electron chi connectivity index (χ4n) is 1.23. The fourth-order valence-corrected chi connectivity index (χ4v) is 2.40. The Morgan fingerprint density at radius 3 is 2.36 bits per heavy atom. The summed E-state index contributed by atoms with van der Waals surface area (Å²) in [4.78, 5) is 11.7. The Labute approximate surface area is 139 Å². The smallest absolute Gasteiger partial charge is 0.308 e. The molecule has 8 heteroatoms. The zero-order chi connectivity index (χ0) is 15.7. The van der Waals surface area contributed by atoms with Gasteiger partial charge in [-0.05, 0) is 30.5 Å². The molecule has 22 heavy (non-hydrogen) atoms. The molecule has 1 aromatic carbocycles. The van der Waals surface area contributed by atoms with Crippen molar-refractivity contribution in [2.24, 2.45) is 0 Å². The topological polar surface area (TPSA) is 90.7 Å². The first-order valence-electron chi connectivity index (χ1n) is 6.17. The van der Waals surface area contributed by atoms with Crippen LogP contribution in [-0.2, 0) is 0 Å². The Kier molecular flexibility index (Phi) is 9.58. The summed E-state index contributed by atoms with van der Waals surface area (Å²) in [5.41, 5.74) is 1.14. The summed E-state index contributed by atoms with van der Waals surface area (Å²) in [6.07, 6.45) is 1.89. The summed E-state index contributed by atoms with van der Waals surface area (Å²) in [6.45, 7) is 4.00. The van der Waals surface area contributed by atoms with Gasteiger partial charge in [-0.25, -0.2) is 4.79 Å². The number of benzene rings is 1. The number of rotatable bonds is 3. The minimum atomic E-state index is -0.395. The zero-order valence-electron chi connectivity index (χ0n) is 11.9. The number of carbonyl (C=O) groups is 1. The molecule has 2 amide bonds. The van der Waals surface area contributed by atoms with Gasteiger partial charge in [0.2, 0.25) is 5.13 Å². The summed E-state index contributed by atoms with van der Waals surface area (Å²) in [5, 5.41) is 22.0. The summed E-state index contributed by atoms with van der Waals surface area (Å²) in [7, 11) is 0. The number of hydrogen-bond donors (Lipinski definition) is 2. The van der Waals surface area contributed by atoms with Gasteiger partial charge in [0, 0.05) is 5.69 Å². The first-order chi connectivity index (χ1) is 10.2. The molecular weight excluding hydrogens is 318 g/mol. The van der Waals surface area contributed by atoms with E-state index in [1.807, 2.05) is 26.2 Å². The van der Waals surface area contributed by atoms with Crippen LogP contribution < -0.4 is 10.6 Å². The summed E-state index contributed by atoms with van der Waals surface area (Å²) < 4.78 is 0.786. The molecule has 0 saturated heterocycles. The molecule has 0 atom stereocenters. The van der Waals surface area contributed by atoms with Crippen molar-refractivity contribution in [3.05, 3.63) is 29.8 Å². The van der Waals surface area contributed by atoms with E-state index in [2.05, 4.69) is 20.8 Å². The molecule has 0 fully saturated rings. The highest BCUT2D eigenvalue weighted by atomic mass is 32.2. The van der Waals surface area contributed by atoms with E-state index in [9.17, 15) is 4.79 Å². The van der Waals surface area contributed by atoms with Crippen molar-refractivity contribution in [2.45, 2.75) is 25.6 Å². The Bertz CT molecular complexity index is 619. The number of nitriles is 1. The van der Waals surface area contributed by atoms with Crippen molar-refractivity contribution in [3.63, 3.8) is 0 Å². The van der Waals surface area contributed by atoms with Crippen LogP contribution in [0, 0.1) is 11.3 Å². The van der Waals surface area contributed by atoms with Crippen LogP contribution in [0.2, 0.25) is 0 Å². The molecule has 0 unspecified atom stereocenters. The largest absolute Gasteiger partial charge is 0.325 e. The lowest BCUT2D eigenvalue weighted by molar-refractivity contribution is 0.262. The van der Waals surface area contributed by atoms with E-state index in [0.717, 1.165) is 4.34 Å². The highest BCUT2D eigenvalue weighted by Gasteiger charge is 2.07. The number of nitrogens with zero attached hydrogens (tertiary/aromatic N) is 3. The van der Waals surface area contributed by atoms with Crippen LogP contribution in [0.15, 0.2) is 28.6 Å². The molecule has 2 rings (SSSR count). The predicted octanol–water partition coefficient (Wildman–Crippen LogP) is 4.44. The molecule has 0 aliphatic carbocycles. The van der Waals surface area contributed by atoms with E-state index < -0.39 is 6.03 Å². The Balaban J connectivity index is 0.00000141. The molecule has 1 heterocycles. The second-order valence-corrected chi connectivity index (χ2v) is 5.38. The molecule has 0 bridgehead atoms. The molecule has 0 spiro atoms. The second kappa shape index (κ2) is 10.6. The number of carbonyl (C=O) groups excluding carboxylic acids is 1. The first-order valence-corrected chi connectivity index (χ1v) is 8.21. The SMILES string of the molecule is C.CC.CSc1nnc(NC(=O)Nc2ccc(C#N)cc2)s1. The third-order valence-corrected chi connectivity index (χ3v) is 3.89. The predicted molar refractivity (Wildman–Crippen MR) is 93.6 cm³/mol. The number of anilines is 2. The van der Waals surface area contributed by atoms with Crippen LogP contribution in [0.5, 0.6) is 0 Å². The number of hydrogen-bond acceptors (Lipinski definition) is 6. The molecule has 2 aromatic rings. The monoisotopic (exact) mass is 337 g/mol. The van der Waals surface area contributed by atoms with Crippen molar-refractivity contribution in [2.75, 3.05) is 16.9 Å².